The lowest BCUT2D eigenvalue weighted by atomic mass is 10.3. The Hall–Kier alpha value is -1.10. The molecule has 0 radical (unpaired) electrons. The molecule has 0 atom stereocenters. The molecule has 82 valence electrons. The van der Waals surface area contributed by atoms with Crippen LogP contribution >= 0.6 is 0 Å². The van der Waals surface area contributed by atoms with E-state index in [9.17, 15) is 9.59 Å². The molecular weight excluding hydrogens is 184 g/mol. The predicted molar refractivity (Wildman–Crippen MR) is 52.8 cm³/mol. The van der Waals surface area contributed by atoms with Crippen LogP contribution in [0.2, 0.25) is 0 Å². The van der Waals surface area contributed by atoms with Gasteiger partial charge in [-0.2, -0.15) is 0 Å². The second kappa shape index (κ2) is 7.32. The molecule has 14 heavy (non-hydrogen) atoms. The third-order valence-corrected chi connectivity index (χ3v) is 1.75. The van der Waals surface area contributed by atoms with Crippen LogP contribution in [0.15, 0.2) is 0 Å². The first kappa shape index (κ1) is 12.9. The molecule has 0 aliphatic rings. The van der Waals surface area contributed by atoms with E-state index in [0.29, 0.717) is 25.9 Å². The standard InChI is InChI=1S/C9H18N2O3/c1-11(2)8(12)4-6-10-7-5-9(13)14-3/h10H,4-7H2,1-3H3. The summed E-state index contributed by atoms with van der Waals surface area (Å²) < 4.78 is 4.46. The van der Waals surface area contributed by atoms with Crippen molar-refractivity contribution in [3.8, 4) is 0 Å². The molecule has 0 rings (SSSR count). The zero-order valence-corrected chi connectivity index (χ0v) is 9.00. The van der Waals surface area contributed by atoms with Crippen molar-refractivity contribution in [1.82, 2.24) is 10.2 Å². The third kappa shape index (κ3) is 6.42. The number of nitrogens with zero attached hydrogens (tertiary/aromatic N) is 1. The molecule has 1 N–H and O–H groups in total. The van der Waals surface area contributed by atoms with E-state index >= 15 is 0 Å². The molecule has 1 amide bonds. The van der Waals surface area contributed by atoms with Crippen LogP contribution in [0.1, 0.15) is 12.8 Å². The number of amides is 1. The van der Waals surface area contributed by atoms with E-state index in [4.69, 9.17) is 0 Å². The molecule has 0 fully saturated rings. The number of carbonyl (C=O) groups excluding carboxylic acids is 2. The molecule has 0 aromatic rings. The van der Waals surface area contributed by atoms with Gasteiger partial charge >= 0.3 is 5.97 Å². The fraction of sp³-hybridized carbons (Fsp3) is 0.778. The maximum atomic E-state index is 11.1. The number of ether oxygens (including phenoxy) is 1. The van der Waals surface area contributed by atoms with E-state index in [-0.39, 0.29) is 11.9 Å². The van der Waals surface area contributed by atoms with Crippen LogP contribution in [0.25, 0.3) is 0 Å². The maximum absolute atomic E-state index is 11.1. The fourth-order valence-corrected chi connectivity index (χ4v) is 0.836. The summed E-state index contributed by atoms with van der Waals surface area (Å²) in [6.07, 6.45) is 0.792. The normalized spacial score (nSPS) is 9.64. The van der Waals surface area contributed by atoms with Gasteiger partial charge in [-0.15, -0.1) is 0 Å². The van der Waals surface area contributed by atoms with E-state index in [1.54, 1.807) is 19.0 Å². The zero-order chi connectivity index (χ0) is 11.0. The lowest BCUT2D eigenvalue weighted by molar-refractivity contribution is -0.140. The van der Waals surface area contributed by atoms with E-state index < -0.39 is 0 Å². The van der Waals surface area contributed by atoms with Crippen molar-refractivity contribution in [2.24, 2.45) is 0 Å². The maximum Gasteiger partial charge on any atom is 0.306 e. The third-order valence-electron chi connectivity index (χ3n) is 1.75. The highest BCUT2D eigenvalue weighted by molar-refractivity contribution is 5.75. The van der Waals surface area contributed by atoms with Gasteiger partial charge in [-0.25, -0.2) is 0 Å². The van der Waals surface area contributed by atoms with Crippen molar-refractivity contribution in [3.05, 3.63) is 0 Å². The molecule has 0 aliphatic carbocycles. The summed E-state index contributed by atoms with van der Waals surface area (Å²) in [6.45, 7) is 1.14. The molecule has 0 heterocycles. The van der Waals surface area contributed by atoms with Gasteiger partial charge in [-0.05, 0) is 0 Å². The molecule has 0 saturated heterocycles. The highest BCUT2D eigenvalue weighted by Crippen LogP contribution is 1.86. The van der Waals surface area contributed by atoms with Gasteiger partial charge in [0.2, 0.25) is 5.91 Å². The Labute approximate surface area is 84.4 Å². The topological polar surface area (TPSA) is 58.6 Å². The molecule has 5 heteroatoms. The Balaban J connectivity index is 3.30. The summed E-state index contributed by atoms with van der Waals surface area (Å²) >= 11 is 0. The lowest BCUT2D eigenvalue weighted by Gasteiger charge is -2.10. The quantitative estimate of drug-likeness (QED) is 0.471. The van der Waals surface area contributed by atoms with Gasteiger partial charge in [-0.1, -0.05) is 0 Å². The summed E-state index contributed by atoms with van der Waals surface area (Å²) in [7, 11) is 4.80. The molecule has 0 bridgehead atoms. The van der Waals surface area contributed by atoms with Crippen LogP contribution in [0.5, 0.6) is 0 Å². The SMILES string of the molecule is COC(=O)CCNCCC(=O)N(C)C. The molecule has 0 aromatic carbocycles. The number of nitrogens with one attached hydrogen (secondary N) is 1. The van der Waals surface area contributed by atoms with Crippen molar-refractivity contribution in [3.63, 3.8) is 0 Å². The minimum atomic E-state index is -0.239. The van der Waals surface area contributed by atoms with Crippen LogP contribution in [0, 0.1) is 0 Å². The number of hydrogen-bond acceptors (Lipinski definition) is 4. The first-order valence-electron chi connectivity index (χ1n) is 4.55. The average Bonchev–Trinajstić information content (AvgIpc) is 2.16. The molecule has 0 aromatic heterocycles. The summed E-state index contributed by atoms with van der Waals surface area (Å²) in [4.78, 5) is 23.3. The lowest BCUT2D eigenvalue weighted by Crippen LogP contribution is -2.27. The highest BCUT2D eigenvalue weighted by Gasteiger charge is 2.03. The summed E-state index contributed by atoms with van der Waals surface area (Å²) in [5.41, 5.74) is 0. The van der Waals surface area contributed by atoms with Gasteiger partial charge in [0.25, 0.3) is 0 Å². The molecule has 0 saturated carbocycles. The minimum absolute atomic E-state index is 0.0792. The van der Waals surface area contributed by atoms with Crippen LogP contribution in [-0.2, 0) is 14.3 Å². The van der Waals surface area contributed by atoms with Crippen LogP contribution in [0.4, 0.5) is 0 Å². The summed E-state index contributed by atoms with van der Waals surface area (Å²) in [5.74, 6) is -0.160. The Kier molecular flexibility index (Phi) is 6.74. The van der Waals surface area contributed by atoms with Crippen molar-refractivity contribution >= 4 is 11.9 Å². The molecule has 0 spiro atoms. The first-order chi connectivity index (χ1) is 6.57. The number of methoxy groups -OCH3 is 1. The van der Waals surface area contributed by atoms with E-state index in [1.165, 1.54) is 7.11 Å². The van der Waals surface area contributed by atoms with Gasteiger partial charge in [-0.3, -0.25) is 9.59 Å². The number of esters is 1. The van der Waals surface area contributed by atoms with Gasteiger partial charge in [0, 0.05) is 33.6 Å². The van der Waals surface area contributed by atoms with Crippen LogP contribution in [-0.4, -0.2) is 51.1 Å². The average molecular weight is 202 g/mol. The van der Waals surface area contributed by atoms with E-state index in [1.807, 2.05) is 0 Å². The van der Waals surface area contributed by atoms with Crippen LogP contribution < -0.4 is 5.32 Å². The minimum Gasteiger partial charge on any atom is -0.469 e. The van der Waals surface area contributed by atoms with Gasteiger partial charge in [0.05, 0.1) is 13.5 Å². The van der Waals surface area contributed by atoms with E-state index in [0.717, 1.165) is 0 Å². The van der Waals surface area contributed by atoms with Crippen molar-refractivity contribution in [2.75, 3.05) is 34.3 Å². The number of rotatable bonds is 6. The number of hydrogen-bond donors (Lipinski definition) is 1. The predicted octanol–water partition coefficient (Wildman–Crippen LogP) is -0.383. The summed E-state index contributed by atoms with van der Waals surface area (Å²) in [6, 6.07) is 0. The molecule has 0 unspecified atom stereocenters. The summed E-state index contributed by atoms with van der Waals surface area (Å²) in [5, 5.41) is 2.99. The second-order valence-corrected chi connectivity index (χ2v) is 3.11. The monoisotopic (exact) mass is 202 g/mol. The van der Waals surface area contributed by atoms with Crippen molar-refractivity contribution < 1.29 is 14.3 Å². The second-order valence-electron chi connectivity index (χ2n) is 3.11. The smallest absolute Gasteiger partial charge is 0.306 e. The first-order valence-corrected chi connectivity index (χ1v) is 4.55. The van der Waals surface area contributed by atoms with Crippen molar-refractivity contribution in [1.29, 1.82) is 0 Å². The Morgan fingerprint density at radius 3 is 2.29 bits per heavy atom. The highest BCUT2D eigenvalue weighted by atomic mass is 16.5. The van der Waals surface area contributed by atoms with E-state index in [2.05, 4.69) is 10.1 Å². The van der Waals surface area contributed by atoms with Crippen molar-refractivity contribution in [2.45, 2.75) is 12.8 Å². The molecule has 5 nitrogen and oxygen atoms in total. The number of carbonyl (C=O) groups is 2. The molecular formula is C9H18N2O3. The Bertz CT molecular complexity index is 192. The Morgan fingerprint density at radius 1 is 1.21 bits per heavy atom. The fourth-order valence-electron chi connectivity index (χ4n) is 0.836. The van der Waals surface area contributed by atoms with Gasteiger partial charge in [0.1, 0.15) is 0 Å². The Morgan fingerprint density at radius 2 is 1.79 bits per heavy atom. The largest absolute Gasteiger partial charge is 0.469 e. The van der Waals surface area contributed by atoms with Gasteiger partial charge in [0.15, 0.2) is 0 Å². The zero-order valence-electron chi connectivity index (χ0n) is 9.00. The van der Waals surface area contributed by atoms with Crippen LogP contribution in [0.3, 0.4) is 0 Å². The van der Waals surface area contributed by atoms with Gasteiger partial charge < -0.3 is 15.0 Å². The molecule has 0 aliphatic heterocycles.